The number of carbonyl (C=O) groups excluding carboxylic acids is 3. The van der Waals surface area contributed by atoms with Crippen molar-refractivity contribution in [1.82, 2.24) is 14.4 Å². The quantitative estimate of drug-likeness (QED) is 0.177. The van der Waals surface area contributed by atoms with Crippen molar-refractivity contribution in [2.75, 3.05) is 44.8 Å². The lowest BCUT2D eigenvalue weighted by Crippen LogP contribution is -2.53. The van der Waals surface area contributed by atoms with Gasteiger partial charge in [-0.1, -0.05) is 41.4 Å². The van der Waals surface area contributed by atoms with Crippen LogP contribution in [-0.2, 0) is 42.0 Å². The van der Waals surface area contributed by atoms with Gasteiger partial charge in [-0.05, 0) is 83.1 Å². The standard InChI is InChI=1S/C40H52Cl2N4O7/c1-5-50-35-23-45(24-36(35)51-6-2)39(53-27-16-14-25(15-17-27)40(49)52-7-3)34-13-10-18-46(34)37(47)20-26-19-31(42)32(21-30(26)41)43-38(48)29-22-44(4)33-12-9-8-11-28(29)33/h8-9,11-12,19,21-22,25,27,34-36,39H,5-7,10,13-18,20,23-24H2,1-4H3,(H,43,48)/t25?,27?,34-,35-,36+,39?/m0/s1. The van der Waals surface area contributed by atoms with Gasteiger partial charge in [-0.15, -0.1) is 0 Å². The summed E-state index contributed by atoms with van der Waals surface area (Å²) in [5.41, 5.74) is 2.42. The minimum atomic E-state index is -0.371. The van der Waals surface area contributed by atoms with E-state index >= 15 is 0 Å². The van der Waals surface area contributed by atoms with E-state index in [4.69, 9.17) is 42.1 Å². The molecule has 0 bridgehead atoms. The van der Waals surface area contributed by atoms with Crippen LogP contribution < -0.4 is 5.32 Å². The molecule has 2 aromatic carbocycles. The summed E-state index contributed by atoms with van der Waals surface area (Å²) in [6, 6.07) is 10.8. The molecule has 53 heavy (non-hydrogen) atoms. The van der Waals surface area contributed by atoms with E-state index in [1.165, 1.54) is 0 Å². The van der Waals surface area contributed by atoms with E-state index in [1.807, 2.05) is 61.6 Å². The number of halogens is 2. The Kier molecular flexibility index (Phi) is 13.4. The maximum Gasteiger partial charge on any atom is 0.308 e. The fourth-order valence-corrected chi connectivity index (χ4v) is 8.70. The Morgan fingerprint density at radius 3 is 2.28 bits per heavy atom. The number of fused-ring (bicyclic) bond motifs is 1. The second-order valence-corrected chi connectivity index (χ2v) is 15.0. The third-order valence-corrected chi connectivity index (χ3v) is 11.5. The third-order valence-electron chi connectivity index (χ3n) is 10.8. The van der Waals surface area contributed by atoms with Crippen LogP contribution in [0.15, 0.2) is 42.6 Å². The summed E-state index contributed by atoms with van der Waals surface area (Å²) >= 11 is 13.5. The van der Waals surface area contributed by atoms with Crippen molar-refractivity contribution in [3.63, 3.8) is 0 Å². The second kappa shape index (κ2) is 18.0. The van der Waals surface area contributed by atoms with Crippen LogP contribution in [0.3, 0.4) is 0 Å². The number of aryl methyl sites for hydroxylation is 1. The first-order chi connectivity index (χ1) is 25.6. The Hall–Kier alpha value is -3.19. The van der Waals surface area contributed by atoms with E-state index in [2.05, 4.69) is 10.2 Å². The molecule has 3 aromatic rings. The van der Waals surface area contributed by atoms with Crippen LogP contribution in [0.25, 0.3) is 10.9 Å². The highest BCUT2D eigenvalue weighted by molar-refractivity contribution is 6.36. The molecule has 288 valence electrons. The summed E-state index contributed by atoms with van der Waals surface area (Å²) in [4.78, 5) is 44.2. The predicted octanol–water partition coefficient (Wildman–Crippen LogP) is 6.86. The zero-order valence-corrected chi connectivity index (χ0v) is 32.7. The van der Waals surface area contributed by atoms with Crippen molar-refractivity contribution in [3.8, 4) is 0 Å². The molecule has 6 rings (SSSR count). The molecular formula is C40H52Cl2N4O7. The van der Waals surface area contributed by atoms with Crippen LogP contribution in [-0.4, -0.2) is 102 Å². The van der Waals surface area contributed by atoms with E-state index in [0.717, 1.165) is 36.6 Å². The molecule has 0 spiro atoms. The Bertz CT molecular complexity index is 1750. The number of hydrogen-bond acceptors (Lipinski definition) is 8. The number of likely N-dealkylation sites (tertiary alicyclic amines) is 2. The van der Waals surface area contributed by atoms with Crippen LogP contribution >= 0.6 is 23.2 Å². The summed E-state index contributed by atoms with van der Waals surface area (Å²) in [5.74, 6) is -0.611. The highest BCUT2D eigenvalue weighted by Crippen LogP contribution is 2.36. The van der Waals surface area contributed by atoms with Gasteiger partial charge in [-0.2, -0.15) is 0 Å². The van der Waals surface area contributed by atoms with Crippen molar-refractivity contribution < 1.29 is 33.3 Å². The van der Waals surface area contributed by atoms with Crippen molar-refractivity contribution >= 4 is 57.6 Å². The predicted molar refractivity (Wildman–Crippen MR) is 205 cm³/mol. The smallest absolute Gasteiger partial charge is 0.308 e. The Morgan fingerprint density at radius 2 is 1.60 bits per heavy atom. The maximum atomic E-state index is 14.2. The minimum Gasteiger partial charge on any atom is -0.466 e. The summed E-state index contributed by atoms with van der Waals surface area (Å²) in [6.45, 7) is 9.21. The lowest BCUT2D eigenvalue weighted by Gasteiger charge is -2.40. The summed E-state index contributed by atoms with van der Waals surface area (Å²) < 4.78 is 26.4. The molecule has 1 saturated carbocycles. The molecule has 1 unspecified atom stereocenters. The molecule has 3 fully saturated rings. The van der Waals surface area contributed by atoms with Crippen molar-refractivity contribution in [1.29, 1.82) is 0 Å². The Balaban J connectivity index is 1.17. The number of hydrogen-bond donors (Lipinski definition) is 1. The van der Waals surface area contributed by atoms with Gasteiger partial charge in [-0.25, -0.2) is 0 Å². The lowest BCUT2D eigenvalue weighted by molar-refractivity contribution is -0.161. The molecule has 1 aromatic heterocycles. The first-order valence-corrected chi connectivity index (χ1v) is 19.8. The van der Waals surface area contributed by atoms with Gasteiger partial charge in [0.25, 0.3) is 5.91 Å². The normalized spacial score (nSPS) is 24.1. The van der Waals surface area contributed by atoms with Gasteiger partial charge in [-0.3, -0.25) is 19.3 Å². The molecule has 2 saturated heterocycles. The highest BCUT2D eigenvalue weighted by atomic mass is 35.5. The maximum absolute atomic E-state index is 14.2. The molecule has 3 heterocycles. The number of para-hydroxylation sites is 1. The minimum absolute atomic E-state index is 0.0487. The van der Waals surface area contributed by atoms with Crippen LogP contribution in [0.2, 0.25) is 10.0 Å². The van der Waals surface area contributed by atoms with Gasteiger partial charge in [0, 0.05) is 62.0 Å². The van der Waals surface area contributed by atoms with Gasteiger partial charge in [0.05, 0.1) is 59.6 Å². The number of aromatic nitrogens is 1. The van der Waals surface area contributed by atoms with E-state index in [1.54, 1.807) is 18.3 Å². The van der Waals surface area contributed by atoms with Crippen molar-refractivity contribution in [2.45, 2.75) is 96.3 Å². The van der Waals surface area contributed by atoms with E-state index in [9.17, 15) is 14.4 Å². The van der Waals surface area contributed by atoms with E-state index in [-0.39, 0.29) is 60.7 Å². The number of nitrogens with zero attached hydrogens (tertiary/aromatic N) is 3. The molecule has 0 radical (unpaired) electrons. The second-order valence-electron chi connectivity index (χ2n) is 14.2. The molecule has 13 heteroatoms. The third kappa shape index (κ3) is 9.03. The van der Waals surface area contributed by atoms with Crippen LogP contribution in [0, 0.1) is 5.92 Å². The van der Waals surface area contributed by atoms with Crippen LogP contribution in [0.4, 0.5) is 5.69 Å². The first-order valence-electron chi connectivity index (χ1n) is 19.0. The van der Waals surface area contributed by atoms with Gasteiger partial charge in [0.1, 0.15) is 6.23 Å². The number of benzene rings is 2. The molecule has 2 amide bonds. The molecule has 1 aliphatic carbocycles. The van der Waals surface area contributed by atoms with Gasteiger partial charge in [0.15, 0.2) is 0 Å². The number of amides is 2. The summed E-state index contributed by atoms with van der Waals surface area (Å²) in [6.07, 6.45) is 5.76. The number of nitrogens with one attached hydrogen (secondary N) is 1. The number of rotatable bonds is 14. The van der Waals surface area contributed by atoms with Gasteiger partial charge in [0.2, 0.25) is 5.91 Å². The van der Waals surface area contributed by atoms with Gasteiger partial charge >= 0.3 is 5.97 Å². The first kappa shape index (κ1) is 39.5. The molecule has 3 aliphatic rings. The van der Waals surface area contributed by atoms with E-state index < -0.39 is 0 Å². The van der Waals surface area contributed by atoms with Crippen LogP contribution in [0.1, 0.15) is 75.2 Å². The number of carbonyl (C=O) groups is 3. The van der Waals surface area contributed by atoms with Crippen molar-refractivity contribution in [3.05, 3.63) is 63.8 Å². The lowest BCUT2D eigenvalue weighted by atomic mass is 9.87. The molecule has 2 aliphatic heterocycles. The zero-order chi connectivity index (χ0) is 37.6. The molecular weight excluding hydrogens is 719 g/mol. The highest BCUT2D eigenvalue weighted by Gasteiger charge is 2.45. The van der Waals surface area contributed by atoms with Crippen LogP contribution in [0.5, 0.6) is 0 Å². The Morgan fingerprint density at radius 1 is 0.906 bits per heavy atom. The average molecular weight is 772 g/mol. The summed E-state index contributed by atoms with van der Waals surface area (Å²) in [7, 11) is 1.90. The monoisotopic (exact) mass is 770 g/mol. The topological polar surface area (TPSA) is 112 Å². The largest absolute Gasteiger partial charge is 0.466 e. The SMILES string of the molecule is CCOC(=O)C1CCC(OC([C@@H]2CCCN2C(=O)Cc2cc(Cl)c(NC(=O)c3cn(C)c4ccccc34)cc2Cl)N2C[C@H](OCC)[C@H](OCC)C2)CC1. The van der Waals surface area contributed by atoms with E-state index in [0.29, 0.717) is 79.2 Å². The molecule has 4 atom stereocenters. The molecule has 11 nitrogen and oxygen atoms in total. The number of anilines is 1. The molecule has 1 N–H and O–H groups in total. The number of ether oxygens (including phenoxy) is 4. The fourth-order valence-electron chi connectivity index (χ4n) is 8.23. The number of esters is 1. The van der Waals surface area contributed by atoms with Gasteiger partial charge < -0.3 is 33.7 Å². The Labute approximate surface area is 322 Å². The average Bonchev–Trinajstić information content (AvgIpc) is 3.88. The zero-order valence-electron chi connectivity index (χ0n) is 31.2. The fraction of sp³-hybridized carbons (Fsp3) is 0.575. The van der Waals surface area contributed by atoms with Crippen molar-refractivity contribution in [2.24, 2.45) is 13.0 Å². The summed E-state index contributed by atoms with van der Waals surface area (Å²) in [5, 5.41) is 4.38.